The summed E-state index contributed by atoms with van der Waals surface area (Å²) in [7, 11) is 1.36. The second-order valence-corrected chi connectivity index (χ2v) is 3.31. The first-order valence-corrected chi connectivity index (χ1v) is 4.74. The molecule has 0 atom stereocenters. The number of nitrogens with zero attached hydrogens (tertiary/aromatic N) is 2. The number of nitrogen functional groups attached to an aromatic ring is 1. The number of hydrogen-bond donors (Lipinski definition) is 1. The summed E-state index contributed by atoms with van der Waals surface area (Å²) in [5.41, 5.74) is 1.45. The van der Waals surface area contributed by atoms with Crippen molar-refractivity contribution in [2.45, 2.75) is 0 Å². The first kappa shape index (κ1) is 10.2. The summed E-state index contributed by atoms with van der Waals surface area (Å²) < 4.78 is 7.92. The quantitative estimate of drug-likeness (QED) is 0.447. The van der Waals surface area contributed by atoms with Gasteiger partial charge < -0.3 is 4.74 Å². The molecule has 0 aliphatic heterocycles. The van der Waals surface area contributed by atoms with Crippen molar-refractivity contribution in [3.8, 4) is 5.69 Å². The molecule has 2 aromatic rings. The molecule has 5 nitrogen and oxygen atoms in total. The average molecular weight is 218 g/mol. The molecule has 0 saturated carbocycles. The van der Waals surface area contributed by atoms with Crippen molar-refractivity contribution in [3.05, 3.63) is 48.5 Å². The van der Waals surface area contributed by atoms with Crippen LogP contribution in [-0.2, 0) is 4.74 Å². The first-order chi connectivity index (χ1) is 7.70. The zero-order valence-electron chi connectivity index (χ0n) is 8.83. The number of ether oxygens (including phenoxy) is 1. The van der Waals surface area contributed by atoms with E-state index in [1.165, 1.54) is 11.8 Å². The zero-order valence-corrected chi connectivity index (χ0v) is 8.83. The second kappa shape index (κ2) is 4.06. The van der Waals surface area contributed by atoms with E-state index in [0.717, 1.165) is 5.69 Å². The fourth-order valence-corrected chi connectivity index (χ4v) is 1.41. The van der Waals surface area contributed by atoms with Gasteiger partial charge in [0.05, 0.1) is 12.7 Å². The standard InChI is InChI=1S/C11H12N3O2/c1-16-11(15)9-2-4-10(5-3-9)13-6-7-14(12)8-13/h2-8H,12H2,1H3/q+1. The number of methoxy groups -OCH3 is 1. The molecule has 1 aromatic heterocycles. The molecular weight excluding hydrogens is 206 g/mol. The van der Waals surface area contributed by atoms with Crippen LogP contribution in [0, 0.1) is 0 Å². The van der Waals surface area contributed by atoms with Crippen LogP contribution in [0.2, 0.25) is 0 Å². The maximum atomic E-state index is 11.2. The lowest BCUT2D eigenvalue weighted by molar-refractivity contribution is -0.595. The molecule has 16 heavy (non-hydrogen) atoms. The van der Waals surface area contributed by atoms with Gasteiger partial charge >= 0.3 is 5.97 Å². The van der Waals surface area contributed by atoms with Gasteiger partial charge in [0.15, 0.2) is 6.20 Å². The molecule has 2 N–H and O–H groups in total. The highest BCUT2D eigenvalue weighted by Crippen LogP contribution is 2.05. The molecule has 2 rings (SSSR count). The Balaban J connectivity index is 2.29. The lowest BCUT2D eigenvalue weighted by Gasteiger charge is -1.99. The number of imidazole rings is 1. The van der Waals surface area contributed by atoms with Crippen LogP contribution in [0.4, 0.5) is 0 Å². The van der Waals surface area contributed by atoms with Crippen molar-refractivity contribution >= 4 is 5.97 Å². The molecule has 0 bridgehead atoms. The number of aromatic nitrogens is 2. The Morgan fingerprint density at radius 3 is 2.56 bits per heavy atom. The lowest BCUT2D eigenvalue weighted by atomic mass is 10.2. The molecule has 0 aliphatic rings. The molecule has 5 heteroatoms. The van der Waals surface area contributed by atoms with E-state index >= 15 is 0 Å². The van der Waals surface area contributed by atoms with E-state index in [-0.39, 0.29) is 5.97 Å². The summed E-state index contributed by atoms with van der Waals surface area (Å²) in [6, 6.07) is 7.07. The van der Waals surface area contributed by atoms with Crippen molar-refractivity contribution in [3.63, 3.8) is 0 Å². The predicted molar refractivity (Wildman–Crippen MR) is 57.5 cm³/mol. The molecular formula is C11H12N3O2+. The Labute approximate surface area is 92.7 Å². The molecule has 1 aromatic carbocycles. The van der Waals surface area contributed by atoms with Crippen LogP contribution in [-0.4, -0.2) is 17.8 Å². The SMILES string of the molecule is COC(=O)c1ccc(-[n+]2ccn(N)c2)cc1. The molecule has 0 amide bonds. The number of hydrogen-bond acceptors (Lipinski definition) is 3. The summed E-state index contributed by atoms with van der Waals surface area (Å²) in [6.45, 7) is 0. The van der Waals surface area contributed by atoms with E-state index in [4.69, 9.17) is 5.84 Å². The zero-order chi connectivity index (χ0) is 11.5. The third-order valence-corrected chi connectivity index (χ3v) is 2.24. The topological polar surface area (TPSA) is 61.1 Å². The first-order valence-electron chi connectivity index (χ1n) is 4.74. The fraction of sp³-hybridized carbons (Fsp3) is 0.0909. The molecule has 82 valence electrons. The number of carbonyl (C=O) groups excluding carboxylic acids is 1. The molecule has 1 heterocycles. The van der Waals surface area contributed by atoms with Gasteiger partial charge in [-0.2, -0.15) is 0 Å². The average Bonchev–Trinajstić information content (AvgIpc) is 2.75. The van der Waals surface area contributed by atoms with Gasteiger partial charge in [0, 0.05) is 0 Å². The van der Waals surface area contributed by atoms with E-state index in [1.807, 2.05) is 22.9 Å². The third-order valence-electron chi connectivity index (χ3n) is 2.24. The van der Waals surface area contributed by atoms with Crippen LogP contribution in [0.5, 0.6) is 0 Å². The monoisotopic (exact) mass is 218 g/mol. The van der Waals surface area contributed by atoms with Crippen molar-refractivity contribution < 1.29 is 14.1 Å². The number of nitrogens with two attached hydrogens (primary N) is 1. The summed E-state index contributed by atoms with van der Waals surface area (Å²) >= 11 is 0. The van der Waals surface area contributed by atoms with Crippen LogP contribution < -0.4 is 10.4 Å². The summed E-state index contributed by atoms with van der Waals surface area (Å²) in [5, 5.41) is 0. The van der Waals surface area contributed by atoms with Crippen molar-refractivity contribution in [1.82, 2.24) is 4.68 Å². The molecule has 0 fully saturated rings. The summed E-state index contributed by atoms with van der Waals surface area (Å²) in [6.07, 6.45) is 5.29. The maximum Gasteiger partial charge on any atom is 0.337 e. The summed E-state index contributed by atoms with van der Waals surface area (Å²) in [5.74, 6) is 5.20. The Morgan fingerprint density at radius 2 is 2.06 bits per heavy atom. The summed E-state index contributed by atoms with van der Waals surface area (Å²) in [4.78, 5) is 11.2. The van der Waals surface area contributed by atoms with Crippen molar-refractivity contribution in [1.29, 1.82) is 0 Å². The van der Waals surface area contributed by atoms with Gasteiger partial charge in [-0.25, -0.2) is 9.36 Å². The Bertz CT molecular complexity index is 502. The number of esters is 1. The molecule has 0 radical (unpaired) electrons. The van der Waals surface area contributed by atoms with E-state index in [2.05, 4.69) is 4.74 Å². The van der Waals surface area contributed by atoms with Gasteiger partial charge in [-0.1, -0.05) is 0 Å². The molecule has 0 spiro atoms. The second-order valence-electron chi connectivity index (χ2n) is 3.31. The highest BCUT2D eigenvalue weighted by atomic mass is 16.5. The van der Waals surface area contributed by atoms with E-state index < -0.39 is 0 Å². The molecule has 0 aliphatic carbocycles. The highest BCUT2D eigenvalue weighted by Gasteiger charge is 2.07. The van der Waals surface area contributed by atoms with Crippen LogP contribution in [0.25, 0.3) is 5.69 Å². The van der Waals surface area contributed by atoms with E-state index in [0.29, 0.717) is 5.56 Å². The minimum Gasteiger partial charge on any atom is -0.465 e. The van der Waals surface area contributed by atoms with Crippen molar-refractivity contribution in [2.24, 2.45) is 0 Å². The fourth-order valence-electron chi connectivity index (χ4n) is 1.41. The minimum absolute atomic E-state index is 0.340. The minimum atomic E-state index is -0.340. The van der Waals surface area contributed by atoms with Crippen LogP contribution in [0.3, 0.4) is 0 Å². The van der Waals surface area contributed by atoms with Gasteiger partial charge in [0.25, 0.3) is 6.33 Å². The maximum absolute atomic E-state index is 11.2. The third kappa shape index (κ3) is 1.88. The Hall–Kier alpha value is -2.30. The van der Waals surface area contributed by atoms with Crippen molar-refractivity contribution in [2.75, 3.05) is 13.0 Å². The Morgan fingerprint density at radius 1 is 1.38 bits per heavy atom. The Kier molecular flexibility index (Phi) is 2.59. The van der Waals surface area contributed by atoms with Gasteiger partial charge in [-0.15, -0.1) is 4.68 Å². The highest BCUT2D eigenvalue weighted by molar-refractivity contribution is 5.89. The normalized spacial score (nSPS) is 10.1. The molecule has 0 saturated heterocycles. The predicted octanol–water partition coefficient (Wildman–Crippen LogP) is 0.265. The van der Waals surface area contributed by atoms with Crippen LogP contribution >= 0.6 is 0 Å². The van der Waals surface area contributed by atoms with Gasteiger partial charge in [-0.05, 0) is 24.3 Å². The largest absolute Gasteiger partial charge is 0.465 e. The van der Waals surface area contributed by atoms with E-state index in [9.17, 15) is 4.79 Å². The van der Waals surface area contributed by atoms with Gasteiger partial charge in [-0.3, -0.25) is 5.84 Å². The van der Waals surface area contributed by atoms with Gasteiger partial charge in [0.2, 0.25) is 0 Å². The van der Waals surface area contributed by atoms with Crippen LogP contribution in [0.15, 0.2) is 43.0 Å². The molecule has 0 unspecified atom stereocenters. The lowest BCUT2D eigenvalue weighted by Crippen LogP contribution is -2.28. The van der Waals surface area contributed by atoms with E-state index in [1.54, 1.807) is 24.7 Å². The number of rotatable bonds is 2. The number of benzene rings is 1. The van der Waals surface area contributed by atoms with Crippen LogP contribution in [0.1, 0.15) is 10.4 Å². The smallest absolute Gasteiger partial charge is 0.337 e. The number of carbonyl (C=O) groups is 1. The van der Waals surface area contributed by atoms with Gasteiger partial charge in [0.1, 0.15) is 11.9 Å².